The maximum absolute atomic E-state index is 11.5. The number of amides is 1. The van der Waals surface area contributed by atoms with Crippen LogP contribution in [0, 0.1) is 10.1 Å². The van der Waals surface area contributed by atoms with Gasteiger partial charge in [0.25, 0.3) is 5.69 Å². The van der Waals surface area contributed by atoms with Gasteiger partial charge in [0, 0.05) is 18.7 Å². The molecule has 0 spiro atoms. The van der Waals surface area contributed by atoms with Crippen LogP contribution in [0.15, 0.2) is 48.5 Å². The van der Waals surface area contributed by atoms with E-state index in [-0.39, 0.29) is 5.69 Å². The lowest BCUT2D eigenvalue weighted by atomic mass is 10.2. The molecule has 0 radical (unpaired) electrons. The number of nitrogens with one attached hydrogen (secondary N) is 1. The summed E-state index contributed by atoms with van der Waals surface area (Å²) in [6, 6.07) is 12.9. The summed E-state index contributed by atoms with van der Waals surface area (Å²) in [5.74, 6) is 1.76. The van der Waals surface area contributed by atoms with Crippen molar-refractivity contribution >= 4 is 11.8 Å². The van der Waals surface area contributed by atoms with Crippen LogP contribution in [0.3, 0.4) is 0 Å². The fourth-order valence-corrected chi connectivity index (χ4v) is 2.46. The van der Waals surface area contributed by atoms with E-state index in [0.717, 1.165) is 0 Å². The first-order valence-corrected chi connectivity index (χ1v) is 10.5. The largest absolute Gasteiger partial charge is 0.491 e. The van der Waals surface area contributed by atoms with Gasteiger partial charge >= 0.3 is 6.09 Å². The second-order valence-corrected chi connectivity index (χ2v) is 7.83. The van der Waals surface area contributed by atoms with Crippen molar-refractivity contribution in [1.29, 1.82) is 0 Å². The fraction of sp³-hybridized carbons (Fsp3) is 0.435. The van der Waals surface area contributed by atoms with Crippen LogP contribution >= 0.6 is 0 Å². The monoisotopic (exact) mass is 462 g/mol. The molecule has 0 atom stereocenters. The van der Waals surface area contributed by atoms with Crippen molar-refractivity contribution in [3.05, 3.63) is 58.6 Å². The highest BCUT2D eigenvalue weighted by molar-refractivity contribution is 5.67. The third-order valence-corrected chi connectivity index (χ3v) is 3.89. The minimum atomic E-state index is -0.522. The van der Waals surface area contributed by atoms with Crippen molar-refractivity contribution in [3.63, 3.8) is 0 Å². The van der Waals surface area contributed by atoms with Crippen LogP contribution in [0.25, 0.3) is 0 Å². The van der Waals surface area contributed by atoms with E-state index >= 15 is 0 Å². The molecular formula is C23H30N2O8. The summed E-state index contributed by atoms with van der Waals surface area (Å²) in [6.07, 6.45) is -0.467. The van der Waals surface area contributed by atoms with Crippen LogP contribution < -0.4 is 14.8 Å². The number of alkyl carbamates (subject to hydrolysis) is 1. The Labute approximate surface area is 192 Å². The summed E-state index contributed by atoms with van der Waals surface area (Å²) >= 11 is 0. The molecule has 0 fully saturated rings. The number of nitrogens with zero attached hydrogens (tertiary/aromatic N) is 1. The molecule has 0 heterocycles. The Morgan fingerprint density at radius 1 is 0.848 bits per heavy atom. The van der Waals surface area contributed by atoms with E-state index in [1.165, 1.54) is 12.1 Å². The topological polar surface area (TPSA) is 118 Å². The van der Waals surface area contributed by atoms with Crippen molar-refractivity contribution in [2.75, 3.05) is 39.6 Å². The van der Waals surface area contributed by atoms with Crippen LogP contribution in [-0.4, -0.2) is 56.2 Å². The van der Waals surface area contributed by atoms with E-state index < -0.39 is 16.6 Å². The maximum Gasteiger partial charge on any atom is 0.407 e. The van der Waals surface area contributed by atoms with E-state index in [1.807, 2.05) is 0 Å². The summed E-state index contributed by atoms with van der Waals surface area (Å²) in [7, 11) is 0. The molecule has 2 aromatic rings. The van der Waals surface area contributed by atoms with E-state index in [1.54, 1.807) is 57.2 Å². The molecule has 0 aromatic heterocycles. The lowest BCUT2D eigenvalue weighted by molar-refractivity contribution is -0.384. The van der Waals surface area contributed by atoms with Crippen LogP contribution in [0.4, 0.5) is 10.5 Å². The van der Waals surface area contributed by atoms with Crippen molar-refractivity contribution in [1.82, 2.24) is 5.32 Å². The number of nitro benzene ring substituents is 1. The second kappa shape index (κ2) is 13.2. The normalized spacial score (nSPS) is 11.0. The number of carbonyl (C=O) groups excluding carboxylic acids is 1. The van der Waals surface area contributed by atoms with Crippen molar-refractivity contribution in [3.8, 4) is 17.2 Å². The van der Waals surface area contributed by atoms with Crippen molar-refractivity contribution in [2.24, 2.45) is 0 Å². The summed E-state index contributed by atoms with van der Waals surface area (Å²) in [5, 5.41) is 13.3. The van der Waals surface area contributed by atoms with Crippen molar-refractivity contribution in [2.45, 2.75) is 26.4 Å². The number of carbonyl (C=O) groups is 1. The quantitative estimate of drug-likeness (QED) is 0.266. The van der Waals surface area contributed by atoms with E-state index in [2.05, 4.69) is 5.32 Å². The van der Waals surface area contributed by atoms with Gasteiger partial charge in [-0.25, -0.2) is 4.79 Å². The molecule has 180 valence electrons. The molecule has 0 saturated carbocycles. The average molecular weight is 462 g/mol. The molecule has 0 aliphatic rings. The third-order valence-electron chi connectivity index (χ3n) is 3.89. The third kappa shape index (κ3) is 11.2. The predicted octanol–water partition coefficient (Wildman–Crippen LogP) is 4.32. The zero-order valence-electron chi connectivity index (χ0n) is 19.1. The Hall–Kier alpha value is -3.37. The minimum Gasteiger partial charge on any atom is -0.491 e. The zero-order chi connectivity index (χ0) is 24.1. The number of nitro groups is 1. The lowest BCUT2D eigenvalue weighted by Crippen LogP contribution is -2.34. The first-order chi connectivity index (χ1) is 15.7. The van der Waals surface area contributed by atoms with E-state index in [0.29, 0.717) is 56.8 Å². The van der Waals surface area contributed by atoms with E-state index in [9.17, 15) is 14.9 Å². The molecule has 0 aliphatic heterocycles. The molecule has 10 heteroatoms. The molecule has 2 aromatic carbocycles. The highest BCUT2D eigenvalue weighted by Crippen LogP contribution is 2.25. The lowest BCUT2D eigenvalue weighted by Gasteiger charge is -2.19. The van der Waals surface area contributed by atoms with Gasteiger partial charge in [0.15, 0.2) is 0 Å². The van der Waals surface area contributed by atoms with Gasteiger partial charge < -0.3 is 29.0 Å². The van der Waals surface area contributed by atoms with Gasteiger partial charge in [-0.1, -0.05) is 0 Å². The Bertz CT molecular complexity index is 864. The Kier molecular flexibility index (Phi) is 10.4. The highest BCUT2D eigenvalue weighted by Gasteiger charge is 2.15. The smallest absolute Gasteiger partial charge is 0.407 e. The predicted molar refractivity (Wildman–Crippen MR) is 121 cm³/mol. The van der Waals surface area contributed by atoms with Crippen LogP contribution in [0.5, 0.6) is 17.2 Å². The number of hydrogen-bond donors (Lipinski definition) is 1. The fourth-order valence-electron chi connectivity index (χ4n) is 2.46. The number of hydrogen-bond acceptors (Lipinski definition) is 8. The van der Waals surface area contributed by atoms with Gasteiger partial charge in [-0.2, -0.15) is 0 Å². The van der Waals surface area contributed by atoms with Crippen LogP contribution in [0.1, 0.15) is 20.8 Å². The highest BCUT2D eigenvalue weighted by atomic mass is 16.6. The van der Waals surface area contributed by atoms with E-state index in [4.69, 9.17) is 23.7 Å². The van der Waals surface area contributed by atoms with Gasteiger partial charge in [0.2, 0.25) is 0 Å². The van der Waals surface area contributed by atoms with Gasteiger partial charge in [-0.3, -0.25) is 10.1 Å². The number of ether oxygens (including phenoxy) is 5. The molecule has 0 aliphatic carbocycles. The molecule has 0 saturated heterocycles. The van der Waals surface area contributed by atoms with Gasteiger partial charge in [-0.05, 0) is 57.2 Å². The first-order valence-electron chi connectivity index (χ1n) is 10.5. The summed E-state index contributed by atoms with van der Waals surface area (Å²) < 4.78 is 27.2. The van der Waals surface area contributed by atoms with Crippen LogP contribution in [-0.2, 0) is 14.2 Å². The molecule has 33 heavy (non-hydrogen) atoms. The molecule has 1 amide bonds. The molecule has 0 bridgehead atoms. The molecular weight excluding hydrogens is 432 g/mol. The Morgan fingerprint density at radius 3 is 1.94 bits per heavy atom. The molecule has 0 unspecified atom stereocenters. The number of rotatable bonds is 13. The number of benzene rings is 2. The Morgan fingerprint density at radius 2 is 1.36 bits per heavy atom. The molecule has 2 rings (SSSR count). The van der Waals surface area contributed by atoms with Gasteiger partial charge in [0.1, 0.15) is 29.5 Å². The zero-order valence-corrected chi connectivity index (χ0v) is 19.1. The van der Waals surface area contributed by atoms with Crippen molar-refractivity contribution < 1.29 is 33.4 Å². The minimum absolute atomic E-state index is 0.00934. The summed E-state index contributed by atoms with van der Waals surface area (Å²) in [6.45, 7) is 7.75. The standard InChI is InChI=1S/C23H30N2O8/c1-23(2,3)33-22(26)24-12-13-29-14-15-30-16-17-31-19-8-10-21(11-9-19)32-20-6-4-18(5-7-20)25(27)28/h4-11H,12-17H2,1-3H3,(H,24,26). The molecule has 1 N–H and O–H groups in total. The SMILES string of the molecule is CC(C)(C)OC(=O)NCCOCCOCCOc1ccc(Oc2ccc([N+](=O)[O-])cc2)cc1. The first kappa shape index (κ1) is 25.9. The summed E-state index contributed by atoms with van der Waals surface area (Å²) in [5.41, 5.74) is -0.513. The Balaban J connectivity index is 1.51. The van der Waals surface area contributed by atoms with Gasteiger partial charge in [0.05, 0.1) is 31.4 Å². The maximum atomic E-state index is 11.5. The molecule has 10 nitrogen and oxygen atoms in total. The van der Waals surface area contributed by atoms with Crippen LogP contribution in [0.2, 0.25) is 0 Å². The van der Waals surface area contributed by atoms with Gasteiger partial charge in [-0.15, -0.1) is 0 Å². The average Bonchev–Trinajstić information content (AvgIpc) is 2.75. The second-order valence-electron chi connectivity index (χ2n) is 7.83. The number of non-ortho nitro benzene ring substituents is 1. The summed E-state index contributed by atoms with van der Waals surface area (Å²) in [4.78, 5) is 21.7.